The highest BCUT2D eigenvalue weighted by atomic mass is 28.2. The van der Waals surface area contributed by atoms with E-state index in [0.29, 0.717) is 17.0 Å². The summed E-state index contributed by atoms with van der Waals surface area (Å²) in [6.45, 7) is 0.543. The minimum atomic E-state index is -0.793. The second kappa shape index (κ2) is 6.82. The molecule has 1 saturated heterocycles. The summed E-state index contributed by atoms with van der Waals surface area (Å²) < 4.78 is 6.42. The van der Waals surface area contributed by atoms with Crippen molar-refractivity contribution in [1.29, 1.82) is 0 Å². The first-order valence-corrected chi connectivity index (χ1v) is 9.75. The molecular formula is C22H23NO2Si. The third-order valence-corrected chi connectivity index (χ3v) is 6.32. The molecule has 1 N–H and O–H groups in total. The van der Waals surface area contributed by atoms with Crippen molar-refractivity contribution < 1.29 is 9.63 Å². The van der Waals surface area contributed by atoms with Crippen LogP contribution in [0, 0.1) is 0 Å². The molecule has 1 atom stereocenters. The van der Waals surface area contributed by atoms with Crippen molar-refractivity contribution >= 4 is 10.5 Å². The molecule has 0 amide bonds. The Hall–Kier alpha value is -2.24. The molecule has 132 valence electrons. The molecule has 1 fully saturated rings. The Labute approximate surface area is 157 Å². The SMILES string of the molecule is ON1CCC(O[SiH3])(c2ccccc2)C1(c1ccccc1)c1ccccc1. The lowest BCUT2D eigenvalue weighted by Crippen LogP contribution is -2.54. The summed E-state index contributed by atoms with van der Waals surface area (Å²) >= 11 is 0. The predicted octanol–water partition coefficient (Wildman–Crippen LogP) is 3.22. The van der Waals surface area contributed by atoms with Crippen LogP contribution in [0.25, 0.3) is 0 Å². The van der Waals surface area contributed by atoms with Crippen LogP contribution in [0.3, 0.4) is 0 Å². The van der Waals surface area contributed by atoms with Gasteiger partial charge in [-0.25, -0.2) is 0 Å². The molecule has 3 nitrogen and oxygen atoms in total. The third kappa shape index (κ3) is 2.31. The van der Waals surface area contributed by atoms with E-state index in [1.54, 1.807) is 0 Å². The molecule has 26 heavy (non-hydrogen) atoms. The Balaban J connectivity index is 2.08. The fourth-order valence-electron chi connectivity index (χ4n) is 4.54. The fraction of sp³-hybridized carbons (Fsp3) is 0.182. The van der Waals surface area contributed by atoms with Crippen LogP contribution in [0.1, 0.15) is 23.1 Å². The van der Waals surface area contributed by atoms with Gasteiger partial charge >= 0.3 is 0 Å². The van der Waals surface area contributed by atoms with Gasteiger partial charge in [0.25, 0.3) is 0 Å². The number of benzene rings is 3. The molecule has 1 unspecified atom stereocenters. The smallest absolute Gasteiger partial charge is 0.147 e. The molecule has 0 aromatic heterocycles. The second-order valence-electron chi connectivity index (χ2n) is 6.71. The quantitative estimate of drug-likeness (QED) is 0.724. The van der Waals surface area contributed by atoms with E-state index in [9.17, 15) is 5.21 Å². The highest BCUT2D eigenvalue weighted by Crippen LogP contribution is 2.56. The largest absolute Gasteiger partial charge is 0.416 e. The summed E-state index contributed by atoms with van der Waals surface area (Å²) in [5.74, 6) is 0. The molecule has 1 aliphatic heterocycles. The molecule has 0 radical (unpaired) electrons. The Morgan fingerprint density at radius 3 is 1.58 bits per heavy atom. The van der Waals surface area contributed by atoms with Gasteiger partial charge in [0.1, 0.15) is 21.6 Å². The van der Waals surface area contributed by atoms with E-state index < -0.39 is 11.1 Å². The summed E-state index contributed by atoms with van der Waals surface area (Å²) in [4.78, 5) is 0. The number of hydroxylamine groups is 2. The first-order chi connectivity index (χ1) is 12.8. The second-order valence-corrected chi connectivity index (χ2v) is 7.12. The van der Waals surface area contributed by atoms with Gasteiger partial charge in [-0.05, 0) is 23.1 Å². The zero-order valence-electron chi connectivity index (χ0n) is 14.9. The minimum absolute atomic E-state index is 0.543. The van der Waals surface area contributed by atoms with E-state index in [1.807, 2.05) is 54.6 Å². The third-order valence-electron chi connectivity index (χ3n) is 5.62. The van der Waals surface area contributed by atoms with Crippen LogP contribution in [-0.2, 0) is 15.6 Å². The molecule has 4 heteroatoms. The summed E-state index contributed by atoms with van der Waals surface area (Å²) in [5, 5.41) is 12.7. The Bertz CT molecular complexity index is 818. The maximum atomic E-state index is 11.2. The van der Waals surface area contributed by atoms with E-state index in [0.717, 1.165) is 23.1 Å². The zero-order valence-corrected chi connectivity index (χ0v) is 16.9. The van der Waals surface area contributed by atoms with E-state index in [4.69, 9.17) is 4.43 Å². The number of nitrogens with zero attached hydrogens (tertiary/aromatic N) is 1. The maximum Gasteiger partial charge on any atom is 0.147 e. The Morgan fingerprint density at radius 1 is 0.731 bits per heavy atom. The lowest BCUT2D eigenvalue weighted by molar-refractivity contribution is -0.176. The summed E-state index contributed by atoms with van der Waals surface area (Å²) in [5.41, 5.74) is 1.73. The van der Waals surface area contributed by atoms with Crippen molar-refractivity contribution in [3.63, 3.8) is 0 Å². The molecule has 3 aromatic carbocycles. The minimum Gasteiger partial charge on any atom is -0.416 e. The van der Waals surface area contributed by atoms with Gasteiger partial charge in [0.2, 0.25) is 0 Å². The van der Waals surface area contributed by atoms with Gasteiger partial charge in [-0.2, -0.15) is 5.06 Å². The van der Waals surface area contributed by atoms with Crippen LogP contribution in [-0.4, -0.2) is 27.3 Å². The van der Waals surface area contributed by atoms with Gasteiger partial charge in [0.15, 0.2) is 0 Å². The highest BCUT2D eigenvalue weighted by Gasteiger charge is 2.62. The standard InChI is InChI=1S/C22H23NO2Si/c24-23-17-16-21(25-26,18-10-4-1-5-11-18)22(23,19-12-6-2-7-13-19)20-14-8-3-9-15-20/h1-15,24H,16-17H2,26H3. The number of hydrogen-bond donors (Lipinski definition) is 1. The van der Waals surface area contributed by atoms with Crippen molar-refractivity contribution in [3.05, 3.63) is 108 Å². The van der Waals surface area contributed by atoms with E-state index in [-0.39, 0.29) is 0 Å². The molecule has 1 aliphatic rings. The van der Waals surface area contributed by atoms with Crippen molar-refractivity contribution in [2.45, 2.75) is 17.6 Å². The fourth-order valence-corrected chi connectivity index (χ4v) is 5.27. The molecule has 0 saturated carbocycles. The van der Waals surface area contributed by atoms with E-state index >= 15 is 0 Å². The van der Waals surface area contributed by atoms with Gasteiger partial charge in [0.05, 0.1) is 0 Å². The van der Waals surface area contributed by atoms with E-state index in [2.05, 4.69) is 36.4 Å². The first kappa shape index (κ1) is 17.2. The van der Waals surface area contributed by atoms with Crippen LogP contribution < -0.4 is 0 Å². The van der Waals surface area contributed by atoms with Crippen molar-refractivity contribution in [2.24, 2.45) is 0 Å². The molecule has 0 bridgehead atoms. The van der Waals surface area contributed by atoms with Crippen LogP contribution in [0.2, 0.25) is 0 Å². The van der Waals surface area contributed by atoms with Gasteiger partial charge in [-0.3, -0.25) is 0 Å². The van der Waals surface area contributed by atoms with Crippen molar-refractivity contribution in [1.82, 2.24) is 5.06 Å². The summed E-state index contributed by atoms with van der Waals surface area (Å²) in [6.07, 6.45) is 0.723. The van der Waals surface area contributed by atoms with Crippen LogP contribution in [0.15, 0.2) is 91.0 Å². The highest BCUT2D eigenvalue weighted by molar-refractivity contribution is 5.98. The van der Waals surface area contributed by atoms with Gasteiger partial charge < -0.3 is 9.63 Å². The Morgan fingerprint density at radius 2 is 1.15 bits per heavy atom. The normalized spacial score (nSPS) is 22.5. The van der Waals surface area contributed by atoms with Crippen molar-refractivity contribution in [2.75, 3.05) is 6.54 Å². The molecular weight excluding hydrogens is 338 g/mol. The molecule has 3 aromatic rings. The number of hydrogen-bond acceptors (Lipinski definition) is 3. The molecule has 1 heterocycles. The lowest BCUT2D eigenvalue weighted by Gasteiger charge is -2.48. The lowest BCUT2D eigenvalue weighted by atomic mass is 9.68. The molecule has 0 aliphatic carbocycles. The monoisotopic (exact) mass is 361 g/mol. The average Bonchev–Trinajstić information content (AvgIpc) is 3.04. The van der Waals surface area contributed by atoms with Crippen LogP contribution >= 0.6 is 0 Å². The van der Waals surface area contributed by atoms with Gasteiger partial charge in [-0.1, -0.05) is 91.0 Å². The van der Waals surface area contributed by atoms with Crippen molar-refractivity contribution in [3.8, 4) is 0 Å². The first-order valence-electron chi connectivity index (χ1n) is 8.94. The van der Waals surface area contributed by atoms with E-state index in [1.165, 1.54) is 5.06 Å². The molecule has 0 spiro atoms. The molecule has 4 rings (SSSR count). The van der Waals surface area contributed by atoms with Gasteiger partial charge in [0, 0.05) is 6.54 Å². The average molecular weight is 362 g/mol. The van der Waals surface area contributed by atoms with Gasteiger partial charge in [-0.15, -0.1) is 0 Å². The van der Waals surface area contributed by atoms with Crippen LogP contribution in [0.5, 0.6) is 0 Å². The summed E-state index contributed by atoms with van der Waals surface area (Å²) in [7, 11) is 0.567. The topological polar surface area (TPSA) is 32.7 Å². The zero-order chi connectivity index (χ0) is 18.0. The predicted molar refractivity (Wildman–Crippen MR) is 106 cm³/mol. The Kier molecular flexibility index (Phi) is 4.50. The van der Waals surface area contributed by atoms with Crippen LogP contribution in [0.4, 0.5) is 0 Å². The summed E-state index contributed by atoms with van der Waals surface area (Å²) in [6, 6.07) is 30.7. The maximum absolute atomic E-state index is 11.2. The number of rotatable bonds is 4.